The molecule has 1 aliphatic rings. The van der Waals surface area contributed by atoms with Crippen molar-refractivity contribution in [3.63, 3.8) is 0 Å². The SMILES string of the molecule is Nc1nc(/C=C\c2ccc([N+](=O)[O-])s2)nc(N2CCCC2)n1. The minimum Gasteiger partial charge on any atom is -0.368 e. The number of nitrogens with two attached hydrogens (primary N) is 1. The van der Waals surface area contributed by atoms with Crippen LogP contribution < -0.4 is 10.6 Å². The summed E-state index contributed by atoms with van der Waals surface area (Å²) in [4.78, 5) is 25.7. The molecule has 0 bridgehead atoms. The van der Waals surface area contributed by atoms with E-state index >= 15 is 0 Å². The Morgan fingerprint density at radius 2 is 2.00 bits per heavy atom. The Morgan fingerprint density at radius 1 is 1.23 bits per heavy atom. The number of nitrogen functional groups attached to an aromatic ring is 1. The number of anilines is 2. The molecule has 0 aromatic carbocycles. The van der Waals surface area contributed by atoms with Crippen LogP contribution in [0, 0.1) is 10.1 Å². The molecule has 22 heavy (non-hydrogen) atoms. The van der Waals surface area contributed by atoms with Gasteiger partial charge in [0, 0.05) is 24.0 Å². The third kappa shape index (κ3) is 3.19. The largest absolute Gasteiger partial charge is 0.368 e. The molecular weight excluding hydrogens is 304 g/mol. The third-order valence-corrected chi connectivity index (χ3v) is 4.24. The van der Waals surface area contributed by atoms with Crippen LogP contribution in [-0.4, -0.2) is 33.0 Å². The summed E-state index contributed by atoms with van der Waals surface area (Å²) in [6.45, 7) is 1.84. The third-order valence-electron chi connectivity index (χ3n) is 3.24. The molecule has 1 saturated heterocycles. The van der Waals surface area contributed by atoms with Crippen LogP contribution in [-0.2, 0) is 0 Å². The van der Waals surface area contributed by atoms with Gasteiger partial charge in [0.05, 0.1) is 4.92 Å². The Kier molecular flexibility index (Phi) is 3.96. The molecule has 3 rings (SSSR count). The second kappa shape index (κ2) is 6.06. The number of thiophene rings is 1. The molecule has 0 saturated carbocycles. The first-order valence-corrected chi connectivity index (χ1v) is 7.62. The van der Waals surface area contributed by atoms with Gasteiger partial charge in [-0.05, 0) is 31.1 Å². The van der Waals surface area contributed by atoms with Crippen LogP contribution in [0.15, 0.2) is 12.1 Å². The van der Waals surface area contributed by atoms with Gasteiger partial charge in [-0.3, -0.25) is 10.1 Å². The molecule has 0 spiro atoms. The summed E-state index contributed by atoms with van der Waals surface area (Å²) in [5.74, 6) is 1.21. The van der Waals surface area contributed by atoms with Crippen LogP contribution in [0.5, 0.6) is 0 Å². The predicted molar refractivity (Wildman–Crippen MR) is 85.6 cm³/mol. The van der Waals surface area contributed by atoms with E-state index in [1.807, 2.05) is 0 Å². The lowest BCUT2D eigenvalue weighted by atomic mass is 10.4. The maximum absolute atomic E-state index is 10.7. The summed E-state index contributed by atoms with van der Waals surface area (Å²) >= 11 is 1.10. The van der Waals surface area contributed by atoms with Crippen LogP contribution in [0.25, 0.3) is 12.2 Å². The average Bonchev–Trinajstić information content (AvgIpc) is 3.16. The van der Waals surface area contributed by atoms with Gasteiger partial charge in [-0.25, -0.2) is 0 Å². The number of hydrogen-bond donors (Lipinski definition) is 1. The molecule has 2 N–H and O–H groups in total. The molecule has 9 heteroatoms. The zero-order valence-corrected chi connectivity index (χ0v) is 12.5. The highest BCUT2D eigenvalue weighted by molar-refractivity contribution is 7.16. The smallest absolute Gasteiger partial charge is 0.324 e. The highest BCUT2D eigenvalue weighted by Gasteiger charge is 2.16. The van der Waals surface area contributed by atoms with Gasteiger partial charge in [0.1, 0.15) is 0 Å². The quantitative estimate of drug-likeness (QED) is 0.679. The van der Waals surface area contributed by atoms with Gasteiger partial charge in [0.25, 0.3) is 0 Å². The fourth-order valence-corrected chi connectivity index (χ4v) is 2.94. The van der Waals surface area contributed by atoms with Gasteiger partial charge in [-0.15, -0.1) is 0 Å². The van der Waals surface area contributed by atoms with Crippen LogP contribution in [0.4, 0.5) is 16.9 Å². The Morgan fingerprint density at radius 3 is 2.68 bits per heavy atom. The first kappa shape index (κ1) is 14.4. The van der Waals surface area contributed by atoms with Gasteiger partial charge < -0.3 is 10.6 Å². The first-order chi connectivity index (χ1) is 10.6. The summed E-state index contributed by atoms with van der Waals surface area (Å²) in [5.41, 5.74) is 5.73. The summed E-state index contributed by atoms with van der Waals surface area (Å²) in [6, 6.07) is 3.16. The van der Waals surface area contributed by atoms with E-state index in [2.05, 4.69) is 19.9 Å². The molecule has 2 aromatic heterocycles. The maximum atomic E-state index is 10.7. The maximum Gasteiger partial charge on any atom is 0.324 e. The van der Waals surface area contributed by atoms with Crippen LogP contribution in [0.2, 0.25) is 0 Å². The van der Waals surface area contributed by atoms with Crippen molar-refractivity contribution in [2.75, 3.05) is 23.7 Å². The molecular formula is C13H14N6O2S. The fraction of sp³-hybridized carbons (Fsp3) is 0.308. The van der Waals surface area contributed by atoms with Gasteiger partial charge in [0.2, 0.25) is 11.9 Å². The molecule has 0 radical (unpaired) electrons. The second-order valence-corrected chi connectivity index (χ2v) is 5.91. The molecule has 8 nitrogen and oxygen atoms in total. The van der Waals surface area contributed by atoms with Crippen molar-refractivity contribution in [1.82, 2.24) is 15.0 Å². The normalized spacial score (nSPS) is 14.8. The molecule has 114 valence electrons. The van der Waals surface area contributed by atoms with Gasteiger partial charge in [0.15, 0.2) is 5.82 Å². The number of nitro groups is 1. The molecule has 1 fully saturated rings. The van der Waals surface area contributed by atoms with E-state index < -0.39 is 4.92 Å². The van der Waals surface area contributed by atoms with E-state index in [-0.39, 0.29) is 10.9 Å². The number of aromatic nitrogens is 3. The Balaban J connectivity index is 1.81. The molecule has 0 aliphatic carbocycles. The second-order valence-electron chi connectivity index (χ2n) is 4.81. The van der Waals surface area contributed by atoms with Crippen molar-refractivity contribution in [3.05, 3.63) is 32.9 Å². The fourth-order valence-electron chi connectivity index (χ4n) is 2.22. The molecule has 0 unspecified atom stereocenters. The number of hydrogen-bond acceptors (Lipinski definition) is 8. The van der Waals surface area contributed by atoms with Gasteiger partial charge in [-0.2, -0.15) is 15.0 Å². The van der Waals surface area contributed by atoms with E-state index in [9.17, 15) is 10.1 Å². The molecule has 1 aliphatic heterocycles. The molecule has 0 amide bonds. The molecule has 3 heterocycles. The van der Waals surface area contributed by atoms with E-state index in [4.69, 9.17) is 5.73 Å². The Hall–Kier alpha value is -2.55. The predicted octanol–water partition coefficient (Wildman–Crippen LogP) is 2.19. The summed E-state index contributed by atoms with van der Waals surface area (Å²) < 4.78 is 0. The van der Waals surface area contributed by atoms with Crippen molar-refractivity contribution in [3.8, 4) is 0 Å². The van der Waals surface area contributed by atoms with Crippen molar-refractivity contribution < 1.29 is 4.92 Å². The van der Waals surface area contributed by atoms with Crippen LogP contribution in [0.1, 0.15) is 23.5 Å². The van der Waals surface area contributed by atoms with Crippen LogP contribution >= 0.6 is 11.3 Å². The minimum atomic E-state index is -0.408. The highest BCUT2D eigenvalue weighted by Crippen LogP contribution is 2.25. The van der Waals surface area contributed by atoms with E-state index in [1.165, 1.54) is 6.07 Å². The summed E-state index contributed by atoms with van der Waals surface area (Å²) in [5, 5.41) is 10.8. The van der Waals surface area contributed by atoms with Crippen molar-refractivity contribution in [2.45, 2.75) is 12.8 Å². The Labute approximate surface area is 130 Å². The van der Waals surface area contributed by atoms with Crippen molar-refractivity contribution >= 4 is 40.4 Å². The summed E-state index contributed by atoms with van der Waals surface area (Å²) in [7, 11) is 0. The minimum absolute atomic E-state index is 0.104. The van der Waals surface area contributed by atoms with E-state index in [0.717, 1.165) is 42.1 Å². The zero-order valence-electron chi connectivity index (χ0n) is 11.7. The molecule has 0 atom stereocenters. The monoisotopic (exact) mass is 318 g/mol. The lowest BCUT2D eigenvalue weighted by Crippen LogP contribution is -2.21. The Bertz CT molecular complexity index is 723. The highest BCUT2D eigenvalue weighted by atomic mass is 32.1. The topological polar surface area (TPSA) is 111 Å². The standard InChI is InChI=1S/C13H14N6O2S/c14-12-15-10(16-13(17-12)18-7-1-2-8-18)5-3-9-4-6-11(22-9)19(20)21/h3-6H,1-2,7-8H2,(H2,14,15,16,17)/b5-3-. The average molecular weight is 318 g/mol. The molecule has 2 aromatic rings. The lowest BCUT2D eigenvalue weighted by Gasteiger charge is -2.14. The van der Waals surface area contributed by atoms with Gasteiger partial charge in [-0.1, -0.05) is 11.3 Å². The number of rotatable bonds is 4. The van der Waals surface area contributed by atoms with E-state index in [0.29, 0.717) is 11.8 Å². The van der Waals surface area contributed by atoms with Crippen molar-refractivity contribution in [2.24, 2.45) is 0 Å². The lowest BCUT2D eigenvalue weighted by molar-refractivity contribution is -0.380. The van der Waals surface area contributed by atoms with Crippen LogP contribution in [0.3, 0.4) is 0 Å². The van der Waals surface area contributed by atoms with E-state index in [1.54, 1.807) is 18.2 Å². The number of nitrogens with zero attached hydrogens (tertiary/aromatic N) is 5. The van der Waals surface area contributed by atoms with Gasteiger partial charge >= 0.3 is 5.00 Å². The zero-order chi connectivity index (χ0) is 15.5. The summed E-state index contributed by atoms with van der Waals surface area (Å²) in [6.07, 6.45) is 5.67. The van der Waals surface area contributed by atoms with Crippen molar-refractivity contribution in [1.29, 1.82) is 0 Å². The first-order valence-electron chi connectivity index (χ1n) is 6.80.